The summed E-state index contributed by atoms with van der Waals surface area (Å²) in [6.07, 6.45) is 0. The third-order valence-corrected chi connectivity index (χ3v) is 4.85. The molecule has 0 aliphatic heterocycles. The lowest BCUT2D eigenvalue weighted by molar-refractivity contribution is -0.113. The first-order valence-corrected chi connectivity index (χ1v) is 9.82. The Morgan fingerprint density at radius 3 is 2.61 bits per heavy atom. The van der Waals surface area contributed by atoms with E-state index in [0.29, 0.717) is 23.2 Å². The molecule has 3 aromatic rings. The minimum absolute atomic E-state index is 0.140. The van der Waals surface area contributed by atoms with Crippen LogP contribution in [-0.4, -0.2) is 40.1 Å². The van der Waals surface area contributed by atoms with Gasteiger partial charge in [-0.25, -0.2) is 0 Å². The highest BCUT2D eigenvalue weighted by Crippen LogP contribution is 2.26. The van der Waals surface area contributed by atoms with Gasteiger partial charge in [0.25, 0.3) is 0 Å². The topological polar surface area (TPSA) is 78.3 Å². The summed E-state index contributed by atoms with van der Waals surface area (Å²) >= 11 is 1.32. The first-order valence-electron chi connectivity index (χ1n) is 8.83. The van der Waals surface area contributed by atoms with E-state index in [1.54, 1.807) is 7.11 Å². The molecule has 0 aliphatic carbocycles. The number of para-hydroxylation sites is 2. The molecule has 3 rings (SSSR count). The fraction of sp³-hybridized carbons (Fsp3) is 0.250. The van der Waals surface area contributed by atoms with E-state index < -0.39 is 0 Å². The van der Waals surface area contributed by atoms with Gasteiger partial charge in [0, 0.05) is 5.69 Å². The fourth-order valence-corrected chi connectivity index (χ4v) is 3.43. The van der Waals surface area contributed by atoms with E-state index in [1.807, 2.05) is 66.9 Å². The zero-order chi connectivity index (χ0) is 19.9. The number of hydrogen-bond donors (Lipinski definition) is 1. The molecule has 0 atom stereocenters. The maximum atomic E-state index is 12.4. The zero-order valence-corrected chi connectivity index (χ0v) is 16.8. The molecular weight excluding hydrogens is 376 g/mol. The smallest absolute Gasteiger partial charge is 0.234 e. The number of methoxy groups -OCH3 is 1. The molecule has 2 aromatic carbocycles. The Morgan fingerprint density at radius 1 is 1.14 bits per heavy atom. The highest BCUT2D eigenvalue weighted by Gasteiger charge is 2.14. The lowest BCUT2D eigenvalue weighted by Crippen LogP contribution is -2.15. The van der Waals surface area contributed by atoms with Crippen LogP contribution in [0.4, 0.5) is 5.69 Å². The number of aryl methyl sites for hydroxylation is 1. The van der Waals surface area contributed by atoms with Crippen molar-refractivity contribution in [3.05, 3.63) is 54.4 Å². The third-order valence-electron chi connectivity index (χ3n) is 3.92. The largest absolute Gasteiger partial charge is 0.497 e. The second-order valence-corrected chi connectivity index (χ2v) is 6.77. The quantitative estimate of drug-likeness (QED) is 0.583. The van der Waals surface area contributed by atoms with Crippen LogP contribution in [-0.2, 0) is 4.79 Å². The second kappa shape index (κ2) is 9.27. The van der Waals surface area contributed by atoms with Gasteiger partial charge in [-0.05, 0) is 50.2 Å². The SMILES string of the molecule is CCOc1ccccc1NC(=O)CSc1nnc(C)n1-c1ccc(OC)cc1. The number of thioether (sulfide) groups is 1. The molecule has 0 spiro atoms. The minimum atomic E-state index is -0.140. The predicted octanol–water partition coefficient (Wildman–Crippen LogP) is 3.71. The Labute approximate surface area is 168 Å². The molecule has 8 heteroatoms. The lowest BCUT2D eigenvalue weighted by atomic mass is 10.3. The summed E-state index contributed by atoms with van der Waals surface area (Å²) in [5.74, 6) is 2.24. The minimum Gasteiger partial charge on any atom is -0.497 e. The van der Waals surface area contributed by atoms with Gasteiger partial charge in [0.1, 0.15) is 17.3 Å². The first kappa shape index (κ1) is 19.8. The number of hydrogen-bond acceptors (Lipinski definition) is 6. The van der Waals surface area contributed by atoms with Crippen molar-refractivity contribution in [3.8, 4) is 17.2 Å². The van der Waals surface area contributed by atoms with E-state index in [0.717, 1.165) is 17.3 Å². The number of amides is 1. The van der Waals surface area contributed by atoms with Gasteiger partial charge in [0.2, 0.25) is 5.91 Å². The highest BCUT2D eigenvalue weighted by atomic mass is 32.2. The van der Waals surface area contributed by atoms with Crippen molar-refractivity contribution in [1.82, 2.24) is 14.8 Å². The molecule has 0 unspecified atom stereocenters. The summed E-state index contributed by atoms with van der Waals surface area (Å²) < 4.78 is 12.7. The van der Waals surface area contributed by atoms with Gasteiger partial charge in [-0.2, -0.15) is 0 Å². The van der Waals surface area contributed by atoms with E-state index >= 15 is 0 Å². The number of benzene rings is 2. The van der Waals surface area contributed by atoms with Crippen LogP contribution in [0.15, 0.2) is 53.7 Å². The Kier molecular flexibility index (Phi) is 6.54. The molecular formula is C20H22N4O3S. The maximum absolute atomic E-state index is 12.4. The Hall–Kier alpha value is -3.00. The Morgan fingerprint density at radius 2 is 1.89 bits per heavy atom. The summed E-state index contributed by atoms with van der Waals surface area (Å²) in [6, 6.07) is 15.0. The molecule has 0 bridgehead atoms. The molecule has 0 radical (unpaired) electrons. The van der Waals surface area contributed by atoms with Crippen molar-refractivity contribution in [2.45, 2.75) is 19.0 Å². The van der Waals surface area contributed by atoms with Crippen molar-refractivity contribution in [1.29, 1.82) is 0 Å². The number of rotatable bonds is 8. The van der Waals surface area contributed by atoms with E-state index in [4.69, 9.17) is 9.47 Å². The van der Waals surface area contributed by atoms with Crippen molar-refractivity contribution in [3.63, 3.8) is 0 Å². The fourth-order valence-electron chi connectivity index (χ4n) is 2.63. The summed E-state index contributed by atoms with van der Waals surface area (Å²) in [5, 5.41) is 11.9. The predicted molar refractivity (Wildman–Crippen MR) is 110 cm³/mol. The van der Waals surface area contributed by atoms with Crippen LogP contribution < -0.4 is 14.8 Å². The van der Waals surface area contributed by atoms with E-state index in [2.05, 4.69) is 15.5 Å². The summed E-state index contributed by atoms with van der Waals surface area (Å²) in [5.41, 5.74) is 1.57. The monoisotopic (exact) mass is 398 g/mol. The number of ether oxygens (including phenoxy) is 2. The molecule has 0 aliphatic rings. The third kappa shape index (κ3) is 4.64. The van der Waals surface area contributed by atoms with Gasteiger partial charge in [-0.3, -0.25) is 9.36 Å². The van der Waals surface area contributed by atoms with Crippen molar-refractivity contribution >= 4 is 23.4 Å². The lowest BCUT2D eigenvalue weighted by Gasteiger charge is -2.11. The zero-order valence-electron chi connectivity index (χ0n) is 16.0. The van der Waals surface area contributed by atoms with Crippen LogP contribution in [0.5, 0.6) is 11.5 Å². The molecule has 0 saturated carbocycles. The van der Waals surface area contributed by atoms with Gasteiger partial charge in [0.15, 0.2) is 5.16 Å². The summed E-state index contributed by atoms with van der Waals surface area (Å²) in [6.45, 7) is 4.31. The van der Waals surface area contributed by atoms with Gasteiger partial charge >= 0.3 is 0 Å². The number of carbonyl (C=O) groups excluding carboxylic acids is 1. The van der Waals surface area contributed by atoms with Gasteiger partial charge in [0.05, 0.1) is 25.2 Å². The van der Waals surface area contributed by atoms with Crippen LogP contribution in [0.3, 0.4) is 0 Å². The molecule has 1 N–H and O–H groups in total. The molecule has 7 nitrogen and oxygen atoms in total. The molecule has 0 fully saturated rings. The summed E-state index contributed by atoms with van der Waals surface area (Å²) in [7, 11) is 1.63. The molecule has 0 saturated heterocycles. The van der Waals surface area contributed by atoms with E-state index in [9.17, 15) is 4.79 Å². The van der Waals surface area contributed by atoms with Crippen LogP contribution in [0, 0.1) is 6.92 Å². The summed E-state index contributed by atoms with van der Waals surface area (Å²) in [4.78, 5) is 12.4. The number of nitrogens with one attached hydrogen (secondary N) is 1. The van der Waals surface area contributed by atoms with Crippen LogP contribution in [0.2, 0.25) is 0 Å². The number of aromatic nitrogens is 3. The first-order chi connectivity index (χ1) is 13.6. The van der Waals surface area contributed by atoms with Gasteiger partial charge in [-0.15, -0.1) is 10.2 Å². The van der Waals surface area contributed by atoms with Crippen molar-refractivity contribution in [2.75, 3.05) is 24.8 Å². The standard InChI is InChI=1S/C20H22N4O3S/c1-4-27-18-8-6-5-7-17(18)21-19(25)13-28-20-23-22-14(2)24(20)15-9-11-16(26-3)12-10-15/h5-12H,4,13H2,1-3H3,(H,21,25). The van der Waals surface area contributed by atoms with E-state index in [1.165, 1.54) is 11.8 Å². The van der Waals surface area contributed by atoms with Crippen LogP contribution >= 0.6 is 11.8 Å². The number of anilines is 1. The molecule has 28 heavy (non-hydrogen) atoms. The van der Waals surface area contributed by atoms with Gasteiger partial charge in [-0.1, -0.05) is 23.9 Å². The van der Waals surface area contributed by atoms with Crippen LogP contribution in [0.1, 0.15) is 12.7 Å². The Balaban J connectivity index is 1.69. The number of nitrogens with zero attached hydrogens (tertiary/aromatic N) is 3. The Bertz CT molecular complexity index is 941. The van der Waals surface area contributed by atoms with Gasteiger partial charge < -0.3 is 14.8 Å². The van der Waals surface area contributed by atoms with Crippen molar-refractivity contribution in [2.24, 2.45) is 0 Å². The average Bonchev–Trinajstić information content (AvgIpc) is 3.08. The van der Waals surface area contributed by atoms with E-state index in [-0.39, 0.29) is 11.7 Å². The number of carbonyl (C=O) groups is 1. The highest BCUT2D eigenvalue weighted by molar-refractivity contribution is 7.99. The normalized spacial score (nSPS) is 10.5. The molecule has 1 heterocycles. The maximum Gasteiger partial charge on any atom is 0.234 e. The second-order valence-electron chi connectivity index (χ2n) is 5.83. The van der Waals surface area contributed by atoms with Crippen LogP contribution in [0.25, 0.3) is 5.69 Å². The van der Waals surface area contributed by atoms with Crippen molar-refractivity contribution < 1.29 is 14.3 Å². The molecule has 146 valence electrons. The molecule has 1 aromatic heterocycles. The average molecular weight is 398 g/mol. The molecule has 1 amide bonds.